The summed E-state index contributed by atoms with van der Waals surface area (Å²) in [4.78, 5) is 12.5. The number of rotatable bonds is 6. The van der Waals surface area contributed by atoms with Gasteiger partial charge in [0, 0.05) is 18.8 Å². The molecular weight excluding hydrogens is 280 g/mol. The average molecular weight is 307 g/mol. The van der Waals surface area contributed by atoms with Crippen molar-refractivity contribution in [2.24, 2.45) is 11.7 Å². The number of ether oxygens (including phenoxy) is 1. The highest BCUT2D eigenvalue weighted by Crippen LogP contribution is 2.16. The molecule has 0 saturated carbocycles. The lowest BCUT2D eigenvalue weighted by atomic mass is 9.96. The van der Waals surface area contributed by atoms with E-state index in [4.69, 9.17) is 10.5 Å². The van der Waals surface area contributed by atoms with Gasteiger partial charge in [0.25, 0.3) is 0 Å². The van der Waals surface area contributed by atoms with Crippen molar-refractivity contribution in [3.8, 4) is 5.75 Å². The molecule has 0 unspecified atom stereocenters. The molecule has 1 atom stereocenters. The van der Waals surface area contributed by atoms with Crippen molar-refractivity contribution in [2.75, 3.05) is 26.2 Å². The lowest BCUT2D eigenvalue weighted by molar-refractivity contribution is -0.908. The fraction of sp³-hybridized carbons (Fsp3) is 0.588. The maximum Gasteiger partial charge on any atom is 0.220 e. The van der Waals surface area contributed by atoms with Crippen LogP contribution in [0, 0.1) is 19.8 Å². The molecule has 0 aliphatic carbocycles. The van der Waals surface area contributed by atoms with Gasteiger partial charge < -0.3 is 20.5 Å². The molecule has 1 heterocycles. The van der Waals surface area contributed by atoms with E-state index in [-0.39, 0.29) is 11.8 Å². The molecule has 5 nitrogen and oxygen atoms in total. The van der Waals surface area contributed by atoms with Crippen molar-refractivity contribution >= 4 is 5.91 Å². The van der Waals surface area contributed by atoms with E-state index < -0.39 is 6.10 Å². The van der Waals surface area contributed by atoms with Crippen LogP contribution in [-0.4, -0.2) is 43.4 Å². The molecule has 4 N–H and O–H groups in total. The summed E-state index contributed by atoms with van der Waals surface area (Å²) in [5.41, 5.74) is 7.75. The molecule has 1 aromatic rings. The van der Waals surface area contributed by atoms with Gasteiger partial charge in [0.15, 0.2) is 0 Å². The summed E-state index contributed by atoms with van der Waals surface area (Å²) < 4.78 is 5.67. The Labute approximate surface area is 132 Å². The zero-order valence-electron chi connectivity index (χ0n) is 13.5. The van der Waals surface area contributed by atoms with E-state index >= 15 is 0 Å². The molecule has 5 heteroatoms. The predicted molar refractivity (Wildman–Crippen MR) is 84.9 cm³/mol. The smallest absolute Gasteiger partial charge is 0.220 e. The molecule has 0 radical (unpaired) electrons. The number of benzene rings is 1. The van der Waals surface area contributed by atoms with Crippen LogP contribution in [0.25, 0.3) is 0 Å². The number of amides is 1. The van der Waals surface area contributed by atoms with Crippen molar-refractivity contribution in [1.82, 2.24) is 0 Å². The van der Waals surface area contributed by atoms with Crippen molar-refractivity contribution in [3.63, 3.8) is 0 Å². The fourth-order valence-electron chi connectivity index (χ4n) is 2.90. The zero-order chi connectivity index (χ0) is 16.1. The number of likely N-dealkylation sites (tertiary alicyclic amines) is 1. The minimum atomic E-state index is -0.498. The highest BCUT2D eigenvalue weighted by Gasteiger charge is 2.27. The second kappa shape index (κ2) is 7.61. The number of piperidine rings is 1. The fourth-order valence-corrected chi connectivity index (χ4v) is 2.90. The van der Waals surface area contributed by atoms with Gasteiger partial charge in [-0.15, -0.1) is 0 Å². The Morgan fingerprint density at radius 3 is 2.64 bits per heavy atom. The lowest BCUT2D eigenvalue weighted by Crippen LogP contribution is -3.14. The first kappa shape index (κ1) is 16.8. The quantitative estimate of drug-likeness (QED) is 0.682. The molecule has 1 fully saturated rings. The number of primary amides is 1. The summed E-state index contributed by atoms with van der Waals surface area (Å²) in [6.45, 7) is 6.82. The van der Waals surface area contributed by atoms with Crippen LogP contribution in [0.15, 0.2) is 18.2 Å². The summed E-state index contributed by atoms with van der Waals surface area (Å²) in [7, 11) is 0. The van der Waals surface area contributed by atoms with Crippen LogP contribution < -0.4 is 15.4 Å². The van der Waals surface area contributed by atoms with Crippen LogP contribution in [0.3, 0.4) is 0 Å². The van der Waals surface area contributed by atoms with Crippen molar-refractivity contribution in [2.45, 2.75) is 32.8 Å². The van der Waals surface area contributed by atoms with E-state index in [1.807, 2.05) is 25.1 Å². The van der Waals surface area contributed by atoms with Gasteiger partial charge in [-0.05, 0) is 37.1 Å². The number of carbonyl (C=O) groups is 1. The number of quaternary nitrogens is 1. The zero-order valence-corrected chi connectivity index (χ0v) is 13.5. The average Bonchev–Trinajstić information content (AvgIpc) is 2.49. The number of nitrogens with two attached hydrogens (primary N) is 1. The van der Waals surface area contributed by atoms with Crippen molar-refractivity contribution in [3.05, 3.63) is 29.3 Å². The first-order valence-corrected chi connectivity index (χ1v) is 7.96. The third kappa shape index (κ3) is 4.71. The van der Waals surface area contributed by atoms with Crippen LogP contribution >= 0.6 is 0 Å². The summed E-state index contributed by atoms with van der Waals surface area (Å²) in [6, 6.07) is 5.95. The standard InChI is InChI=1S/C17H26N2O3/c1-12-3-4-16(9-13(12)2)22-11-15(20)10-19-7-5-14(6-8-19)17(18)21/h3-4,9,14-15,20H,5-8,10-11H2,1-2H3,(H2,18,21)/p+1/t15-/m1/s1. The lowest BCUT2D eigenvalue weighted by Gasteiger charge is -2.29. The normalized spacial score (nSPS) is 23.0. The summed E-state index contributed by atoms with van der Waals surface area (Å²) in [6.07, 6.45) is 1.13. The van der Waals surface area contributed by atoms with E-state index in [1.165, 1.54) is 16.0 Å². The molecule has 1 aliphatic rings. The van der Waals surface area contributed by atoms with Crippen LogP contribution in [0.4, 0.5) is 0 Å². The van der Waals surface area contributed by atoms with Crippen LogP contribution in [0.5, 0.6) is 5.75 Å². The molecule has 2 rings (SSSR count). The van der Waals surface area contributed by atoms with Gasteiger partial charge in [0.05, 0.1) is 13.1 Å². The minimum absolute atomic E-state index is 0.00711. The summed E-state index contributed by atoms with van der Waals surface area (Å²) in [5, 5.41) is 10.1. The number of aryl methyl sites for hydroxylation is 2. The molecule has 0 spiro atoms. The largest absolute Gasteiger partial charge is 0.491 e. The maximum absolute atomic E-state index is 11.1. The molecule has 1 aromatic carbocycles. The van der Waals surface area contributed by atoms with Crippen LogP contribution in [0.2, 0.25) is 0 Å². The first-order chi connectivity index (χ1) is 10.5. The van der Waals surface area contributed by atoms with Gasteiger partial charge >= 0.3 is 0 Å². The highest BCUT2D eigenvalue weighted by atomic mass is 16.5. The Balaban J connectivity index is 1.73. The molecule has 0 bridgehead atoms. The monoisotopic (exact) mass is 307 g/mol. The highest BCUT2D eigenvalue weighted by molar-refractivity contribution is 5.76. The van der Waals surface area contributed by atoms with Gasteiger partial charge in [-0.3, -0.25) is 4.79 Å². The van der Waals surface area contributed by atoms with Gasteiger partial charge in [-0.25, -0.2) is 0 Å². The number of hydrogen-bond donors (Lipinski definition) is 3. The molecule has 1 saturated heterocycles. The molecular formula is C17H27N2O3+. The van der Waals surface area contributed by atoms with E-state index in [9.17, 15) is 9.90 Å². The Morgan fingerprint density at radius 2 is 2.05 bits per heavy atom. The second-order valence-electron chi connectivity index (χ2n) is 6.34. The predicted octanol–water partition coefficient (Wildman–Crippen LogP) is -0.177. The number of aliphatic hydroxyl groups is 1. The van der Waals surface area contributed by atoms with Gasteiger partial charge in [-0.2, -0.15) is 0 Å². The Kier molecular flexibility index (Phi) is 5.80. The third-order valence-corrected chi connectivity index (χ3v) is 4.54. The Hall–Kier alpha value is -1.59. The summed E-state index contributed by atoms with van der Waals surface area (Å²) >= 11 is 0. The van der Waals surface area contributed by atoms with Gasteiger partial charge in [0.2, 0.25) is 5.91 Å². The molecule has 1 aliphatic heterocycles. The Bertz CT molecular complexity index is 511. The topological polar surface area (TPSA) is 77.0 Å². The first-order valence-electron chi connectivity index (χ1n) is 7.96. The molecule has 22 heavy (non-hydrogen) atoms. The van der Waals surface area contributed by atoms with Crippen molar-refractivity contribution < 1.29 is 19.5 Å². The van der Waals surface area contributed by atoms with E-state index in [0.717, 1.165) is 31.7 Å². The van der Waals surface area contributed by atoms with Crippen LogP contribution in [-0.2, 0) is 4.79 Å². The number of nitrogens with one attached hydrogen (secondary N) is 1. The minimum Gasteiger partial charge on any atom is -0.491 e. The van der Waals surface area contributed by atoms with E-state index in [2.05, 4.69) is 6.92 Å². The van der Waals surface area contributed by atoms with Gasteiger partial charge in [0.1, 0.15) is 25.0 Å². The van der Waals surface area contributed by atoms with E-state index in [0.29, 0.717) is 13.2 Å². The molecule has 122 valence electrons. The second-order valence-corrected chi connectivity index (χ2v) is 6.34. The number of aliphatic hydroxyl groups excluding tert-OH is 1. The van der Waals surface area contributed by atoms with E-state index in [1.54, 1.807) is 0 Å². The van der Waals surface area contributed by atoms with Crippen molar-refractivity contribution in [1.29, 1.82) is 0 Å². The van der Waals surface area contributed by atoms with Gasteiger partial charge in [-0.1, -0.05) is 6.07 Å². The maximum atomic E-state index is 11.1. The number of carbonyl (C=O) groups excluding carboxylic acids is 1. The third-order valence-electron chi connectivity index (χ3n) is 4.54. The Morgan fingerprint density at radius 1 is 1.36 bits per heavy atom. The van der Waals surface area contributed by atoms with Crippen LogP contribution in [0.1, 0.15) is 24.0 Å². The SMILES string of the molecule is Cc1ccc(OC[C@H](O)C[NH+]2CCC(C(N)=O)CC2)cc1C. The summed E-state index contributed by atoms with van der Waals surface area (Å²) in [5.74, 6) is 0.606. The molecule has 1 amide bonds. The molecule has 0 aromatic heterocycles. The number of hydrogen-bond acceptors (Lipinski definition) is 3.